The number of ether oxygens (including phenoxy) is 2. The molecule has 128 valence electrons. The first-order valence-electron chi connectivity index (χ1n) is 7.37. The summed E-state index contributed by atoms with van der Waals surface area (Å²) in [6, 6.07) is 12.6. The number of rotatable bonds is 4. The van der Waals surface area contributed by atoms with E-state index in [0.29, 0.717) is 11.5 Å². The zero-order chi connectivity index (χ0) is 17.6. The number of hydrogen-bond donors (Lipinski definition) is 2. The Bertz CT molecular complexity index is 821. The van der Waals surface area contributed by atoms with Gasteiger partial charge in [-0.2, -0.15) is 5.10 Å². The Morgan fingerprint density at radius 3 is 2.64 bits per heavy atom. The lowest BCUT2D eigenvalue weighted by Gasteiger charge is -2.05. The third-order valence-electron chi connectivity index (χ3n) is 3.35. The van der Waals surface area contributed by atoms with Crippen LogP contribution >= 0.6 is 15.9 Å². The highest BCUT2D eigenvalue weighted by molar-refractivity contribution is 9.10. The van der Waals surface area contributed by atoms with Crippen molar-refractivity contribution >= 4 is 34.0 Å². The Labute approximate surface area is 152 Å². The molecule has 2 aromatic carbocycles. The third kappa shape index (κ3) is 4.57. The highest BCUT2D eigenvalue weighted by Gasteiger charge is 2.15. The Kier molecular flexibility index (Phi) is 5.30. The number of halogens is 1. The quantitative estimate of drug-likeness (QED) is 0.463. The molecule has 0 bridgehead atoms. The van der Waals surface area contributed by atoms with E-state index in [0.717, 1.165) is 15.6 Å². The van der Waals surface area contributed by atoms with Crippen molar-refractivity contribution in [3.63, 3.8) is 0 Å². The van der Waals surface area contributed by atoms with Gasteiger partial charge in [0.15, 0.2) is 11.5 Å². The summed E-state index contributed by atoms with van der Waals surface area (Å²) >= 11 is 3.33. The zero-order valence-corrected chi connectivity index (χ0v) is 14.6. The molecule has 0 aromatic heterocycles. The summed E-state index contributed by atoms with van der Waals surface area (Å²) < 4.78 is 11.4. The number of hydrazone groups is 1. The number of hydrogen-bond acceptors (Lipinski definition) is 5. The van der Waals surface area contributed by atoms with Crippen LogP contribution in [0.25, 0.3) is 0 Å². The van der Waals surface area contributed by atoms with Gasteiger partial charge in [-0.3, -0.25) is 9.59 Å². The molecule has 0 saturated carbocycles. The molecule has 8 heteroatoms. The fourth-order valence-electron chi connectivity index (χ4n) is 2.08. The molecule has 1 heterocycles. The summed E-state index contributed by atoms with van der Waals surface area (Å²) in [4.78, 5) is 23.5. The Morgan fingerprint density at radius 2 is 1.84 bits per heavy atom. The Hall–Kier alpha value is -2.87. The second-order valence-corrected chi connectivity index (χ2v) is 6.04. The van der Waals surface area contributed by atoms with E-state index in [1.54, 1.807) is 18.2 Å². The second kappa shape index (κ2) is 7.80. The molecule has 2 aromatic rings. The van der Waals surface area contributed by atoms with E-state index in [4.69, 9.17) is 9.47 Å². The van der Waals surface area contributed by atoms with E-state index in [-0.39, 0.29) is 13.3 Å². The molecule has 0 unspecified atom stereocenters. The summed E-state index contributed by atoms with van der Waals surface area (Å²) in [5, 5.41) is 6.28. The molecule has 1 aliphatic heterocycles. The van der Waals surface area contributed by atoms with Gasteiger partial charge in [-0.25, -0.2) is 5.43 Å². The van der Waals surface area contributed by atoms with Crippen molar-refractivity contribution in [2.75, 3.05) is 6.79 Å². The molecule has 0 radical (unpaired) electrons. The summed E-state index contributed by atoms with van der Waals surface area (Å²) in [6.07, 6.45) is 1.45. The van der Waals surface area contributed by atoms with Crippen LogP contribution in [0.1, 0.15) is 11.1 Å². The second-order valence-electron chi connectivity index (χ2n) is 5.12. The number of amides is 2. The minimum absolute atomic E-state index is 0.184. The molecule has 0 fully saturated rings. The first-order chi connectivity index (χ1) is 12.1. The molecule has 0 aliphatic carbocycles. The molecule has 3 rings (SSSR count). The lowest BCUT2D eigenvalue weighted by atomic mass is 10.2. The molecule has 0 spiro atoms. The molecule has 25 heavy (non-hydrogen) atoms. The smallest absolute Gasteiger partial charge is 0.329 e. The van der Waals surface area contributed by atoms with E-state index < -0.39 is 11.8 Å². The van der Waals surface area contributed by atoms with Gasteiger partial charge in [0.2, 0.25) is 6.79 Å². The van der Waals surface area contributed by atoms with Crippen molar-refractivity contribution in [1.82, 2.24) is 10.7 Å². The van der Waals surface area contributed by atoms with Gasteiger partial charge in [0.05, 0.1) is 6.21 Å². The summed E-state index contributed by atoms with van der Waals surface area (Å²) in [5.41, 5.74) is 3.78. The maximum Gasteiger partial charge on any atom is 0.329 e. The standard InChI is InChI=1S/C17H14BrN3O4/c18-13-4-1-11(2-5-13)9-20-21-17(23)16(22)19-8-12-3-6-14-15(7-12)25-10-24-14/h1-7,9H,8,10H2,(H,19,22)(H,21,23)/b20-9-. The summed E-state index contributed by atoms with van der Waals surface area (Å²) in [7, 11) is 0. The lowest BCUT2D eigenvalue weighted by Crippen LogP contribution is -2.37. The number of fused-ring (bicyclic) bond motifs is 1. The molecule has 0 saturated heterocycles. The van der Waals surface area contributed by atoms with Crippen LogP contribution in [-0.4, -0.2) is 24.8 Å². The van der Waals surface area contributed by atoms with E-state index in [2.05, 4.69) is 31.8 Å². The third-order valence-corrected chi connectivity index (χ3v) is 3.87. The normalized spacial score (nSPS) is 12.2. The molecule has 0 atom stereocenters. The average molecular weight is 404 g/mol. The van der Waals surface area contributed by atoms with Crippen LogP contribution in [0, 0.1) is 0 Å². The molecule has 1 aliphatic rings. The first-order valence-corrected chi connectivity index (χ1v) is 8.16. The highest BCUT2D eigenvalue weighted by atomic mass is 79.9. The van der Waals surface area contributed by atoms with Crippen molar-refractivity contribution in [3.05, 3.63) is 58.1 Å². The van der Waals surface area contributed by atoms with Crippen LogP contribution in [0.5, 0.6) is 11.5 Å². The first kappa shape index (κ1) is 17.0. The van der Waals surface area contributed by atoms with Gasteiger partial charge in [0.25, 0.3) is 0 Å². The van der Waals surface area contributed by atoms with Crippen LogP contribution in [0.3, 0.4) is 0 Å². The van der Waals surface area contributed by atoms with Crippen LogP contribution in [-0.2, 0) is 16.1 Å². The van der Waals surface area contributed by atoms with Crippen LogP contribution < -0.4 is 20.2 Å². The predicted octanol–water partition coefficient (Wildman–Crippen LogP) is 1.94. The molecular weight excluding hydrogens is 390 g/mol. The van der Waals surface area contributed by atoms with Gasteiger partial charge in [-0.05, 0) is 35.4 Å². The van der Waals surface area contributed by atoms with E-state index >= 15 is 0 Å². The lowest BCUT2D eigenvalue weighted by molar-refractivity contribution is -0.139. The van der Waals surface area contributed by atoms with Crippen LogP contribution in [0.2, 0.25) is 0 Å². The number of benzene rings is 2. The van der Waals surface area contributed by atoms with E-state index in [9.17, 15) is 9.59 Å². The summed E-state index contributed by atoms with van der Waals surface area (Å²) in [5.74, 6) is -0.329. The molecule has 2 amide bonds. The SMILES string of the molecule is O=C(NCc1ccc2c(c1)OCO2)C(=O)N/N=C\c1ccc(Br)cc1. The minimum atomic E-state index is -0.839. The van der Waals surface area contributed by atoms with Gasteiger partial charge in [0.1, 0.15) is 0 Å². The fraction of sp³-hybridized carbons (Fsp3) is 0.118. The molecule has 7 nitrogen and oxygen atoms in total. The monoisotopic (exact) mass is 403 g/mol. The van der Waals surface area contributed by atoms with Gasteiger partial charge in [-0.1, -0.05) is 34.1 Å². The fourth-order valence-corrected chi connectivity index (χ4v) is 2.34. The van der Waals surface area contributed by atoms with Gasteiger partial charge >= 0.3 is 11.8 Å². The summed E-state index contributed by atoms with van der Waals surface area (Å²) in [6.45, 7) is 0.378. The van der Waals surface area contributed by atoms with Crippen molar-refractivity contribution in [2.24, 2.45) is 5.10 Å². The van der Waals surface area contributed by atoms with Crippen LogP contribution in [0.15, 0.2) is 52.0 Å². The number of carbonyl (C=O) groups excluding carboxylic acids is 2. The maximum atomic E-state index is 11.8. The Balaban J connectivity index is 1.47. The van der Waals surface area contributed by atoms with Crippen LogP contribution in [0.4, 0.5) is 0 Å². The van der Waals surface area contributed by atoms with Crippen molar-refractivity contribution in [3.8, 4) is 11.5 Å². The van der Waals surface area contributed by atoms with E-state index in [1.807, 2.05) is 24.3 Å². The highest BCUT2D eigenvalue weighted by Crippen LogP contribution is 2.32. The molecular formula is C17H14BrN3O4. The van der Waals surface area contributed by atoms with Crippen molar-refractivity contribution in [1.29, 1.82) is 0 Å². The largest absolute Gasteiger partial charge is 0.454 e. The minimum Gasteiger partial charge on any atom is -0.454 e. The average Bonchev–Trinajstić information content (AvgIpc) is 3.09. The number of nitrogens with zero attached hydrogens (tertiary/aromatic N) is 1. The number of carbonyl (C=O) groups is 2. The molecule has 2 N–H and O–H groups in total. The van der Waals surface area contributed by atoms with Gasteiger partial charge in [0, 0.05) is 11.0 Å². The van der Waals surface area contributed by atoms with Crippen molar-refractivity contribution in [2.45, 2.75) is 6.54 Å². The predicted molar refractivity (Wildman–Crippen MR) is 94.3 cm³/mol. The van der Waals surface area contributed by atoms with Crippen molar-refractivity contribution < 1.29 is 19.1 Å². The maximum absolute atomic E-state index is 11.8. The zero-order valence-electron chi connectivity index (χ0n) is 13.0. The topological polar surface area (TPSA) is 89.0 Å². The van der Waals surface area contributed by atoms with E-state index in [1.165, 1.54) is 6.21 Å². The number of nitrogens with one attached hydrogen (secondary N) is 2. The van der Waals surface area contributed by atoms with Gasteiger partial charge < -0.3 is 14.8 Å². The Morgan fingerprint density at radius 1 is 1.08 bits per heavy atom. The van der Waals surface area contributed by atoms with Gasteiger partial charge in [-0.15, -0.1) is 0 Å².